The van der Waals surface area contributed by atoms with E-state index in [9.17, 15) is 9.90 Å². The standard InChI is InChI=1S/C12H16ClNO3/c1-8(15)10-6-9(13)4-5-11(10)17-7-12(16)14(2)3/h4-6,8,15H,7H2,1-3H3/t8-/m0/s1. The highest BCUT2D eigenvalue weighted by Crippen LogP contribution is 2.28. The number of carbonyl (C=O) groups is 1. The first kappa shape index (κ1) is 13.8. The second kappa shape index (κ2) is 5.89. The van der Waals surface area contributed by atoms with E-state index in [1.54, 1.807) is 39.2 Å². The molecule has 0 bridgehead atoms. The van der Waals surface area contributed by atoms with Gasteiger partial charge in [0.2, 0.25) is 0 Å². The van der Waals surface area contributed by atoms with Gasteiger partial charge in [0.05, 0.1) is 6.10 Å². The molecular weight excluding hydrogens is 242 g/mol. The third-order valence-corrected chi connectivity index (χ3v) is 2.51. The van der Waals surface area contributed by atoms with Gasteiger partial charge in [-0.3, -0.25) is 4.79 Å². The summed E-state index contributed by atoms with van der Waals surface area (Å²) in [5.74, 6) is 0.330. The molecule has 1 atom stereocenters. The molecule has 0 heterocycles. The molecule has 0 aliphatic heterocycles. The van der Waals surface area contributed by atoms with Crippen LogP contribution in [-0.4, -0.2) is 36.6 Å². The highest BCUT2D eigenvalue weighted by atomic mass is 35.5. The number of rotatable bonds is 4. The number of benzene rings is 1. The summed E-state index contributed by atoms with van der Waals surface area (Å²) in [5, 5.41) is 10.1. The Labute approximate surface area is 106 Å². The molecule has 1 rings (SSSR count). The number of carbonyl (C=O) groups excluding carboxylic acids is 1. The lowest BCUT2D eigenvalue weighted by Crippen LogP contribution is -2.27. The average Bonchev–Trinajstić information content (AvgIpc) is 2.26. The molecular formula is C12H16ClNO3. The van der Waals surface area contributed by atoms with E-state index in [4.69, 9.17) is 16.3 Å². The van der Waals surface area contributed by atoms with Crippen molar-refractivity contribution in [2.24, 2.45) is 0 Å². The van der Waals surface area contributed by atoms with Gasteiger partial charge in [0.25, 0.3) is 5.91 Å². The molecule has 1 aromatic rings. The molecule has 1 aromatic carbocycles. The van der Waals surface area contributed by atoms with Crippen molar-refractivity contribution in [3.63, 3.8) is 0 Å². The Hall–Kier alpha value is -1.26. The van der Waals surface area contributed by atoms with Gasteiger partial charge in [0, 0.05) is 24.7 Å². The highest BCUT2D eigenvalue weighted by molar-refractivity contribution is 6.30. The third kappa shape index (κ3) is 3.91. The van der Waals surface area contributed by atoms with Crippen LogP contribution < -0.4 is 4.74 Å². The van der Waals surface area contributed by atoms with Crippen molar-refractivity contribution in [1.29, 1.82) is 0 Å². The van der Waals surface area contributed by atoms with Gasteiger partial charge >= 0.3 is 0 Å². The number of likely N-dealkylation sites (N-methyl/N-ethyl adjacent to an activating group) is 1. The second-order valence-electron chi connectivity index (χ2n) is 3.93. The van der Waals surface area contributed by atoms with Gasteiger partial charge in [0.15, 0.2) is 6.61 Å². The van der Waals surface area contributed by atoms with Crippen LogP contribution in [0.25, 0.3) is 0 Å². The van der Waals surface area contributed by atoms with Crippen molar-refractivity contribution in [3.05, 3.63) is 28.8 Å². The van der Waals surface area contributed by atoms with Crippen molar-refractivity contribution < 1.29 is 14.6 Å². The fourth-order valence-electron chi connectivity index (χ4n) is 1.25. The predicted octanol–water partition coefficient (Wildman–Crippen LogP) is 1.86. The number of aliphatic hydroxyl groups is 1. The molecule has 1 N–H and O–H groups in total. The molecule has 0 aliphatic carbocycles. The van der Waals surface area contributed by atoms with Crippen LogP contribution in [-0.2, 0) is 4.79 Å². The summed E-state index contributed by atoms with van der Waals surface area (Å²) >= 11 is 5.83. The molecule has 0 aliphatic rings. The van der Waals surface area contributed by atoms with Crippen LogP contribution >= 0.6 is 11.6 Å². The molecule has 4 nitrogen and oxygen atoms in total. The van der Waals surface area contributed by atoms with Gasteiger partial charge < -0.3 is 14.7 Å². The fourth-order valence-corrected chi connectivity index (χ4v) is 1.43. The monoisotopic (exact) mass is 257 g/mol. The average molecular weight is 258 g/mol. The van der Waals surface area contributed by atoms with Gasteiger partial charge in [-0.05, 0) is 25.1 Å². The van der Waals surface area contributed by atoms with Crippen molar-refractivity contribution in [2.45, 2.75) is 13.0 Å². The molecule has 0 radical (unpaired) electrons. The van der Waals surface area contributed by atoms with E-state index in [0.717, 1.165) is 0 Å². The molecule has 0 unspecified atom stereocenters. The Morgan fingerprint density at radius 1 is 1.53 bits per heavy atom. The number of nitrogens with zero attached hydrogens (tertiary/aromatic N) is 1. The zero-order valence-electron chi connectivity index (χ0n) is 10.1. The van der Waals surface area contributed by atoms with Crippen LogP contribution in [0, 0.1) is 0 Å². The summed E-state index contributed by atoms with van der Waals surface area (Å²) in [6.07, 6.45) is -0.696. The van der Waals surface area contributed by atoms with Gasteiger partial charge in [-0.25, -0.2) is 0 Å². The first-order chi connectivity index (χ1) is 7.91. The SMILES string of the molecule is C[C@H](O)c1cc(Cl)ccc1OCC(=O)N(C)C. The van der Waals surface area contributed by atoms with E-state index >= 15 is 0 Å². The van der Waals surface area contributed by atoms with Crippen LogP contribution in [0.15, 0.2) is 18.2 Å². The first-order valence-electron chi connectivity index (χ1n) is 5.22. The number of hydrogen-bond acceptors (Lipinski definition) is 3. The number of hydrogen-bond donors (Lipinski definition) is 1. The van der Waals surface area contributed by atoms with E-state index in [1.807, 2.05) is 0 Å². The molecule has 17 heavy (non-hydrogen) atoms. The van der Waals surface area contributed by atoms with Crippen molar-refractivity contribution in [2.75, 3.05) is 20.7 Å². The number of ether oxygens (including phenoxy) is 1. The van der Waals surface area contributed by atoms with E-state index in [1.165, 1.54) is 4.90 Å². The maximum Gasteiger partial charge on any atom is 0.259 e. The molecule has 1 amide bonds. The Bertz CT molecular complexity index is 405. The van der Waals surface area contributed by atoms with E-state index < -0.39 is 6.10 Å². The Kier molecular flexibility index (Phi) is 4.78. The Morgan fingerprint density at radius 2 is 2.18 bits per heavy atom. The molecule has 0 aromatic heterocycles. The number of aliphatic hydroxyl groups excluding tert-OH is 1. The smallest absolute Gasteiger partial charge is 0.259 e. The summed E-state index contributed by atoms with van der Waals surface area (Å²) in [4.78, 5) is 12.8. The van der Waals surface area contributed by atoms with Gasteiger partial charge in [-0.15, -0.1) is 0 Å². The highest BCUT2D eigenvalue weighted by Gasteiger charge is 2.12. The van der Waals surface area contributed by atoms with Crippen LogP contribution in [0.5, 0.6) is 5.75 Å². The molecule has 94 valence electrons. The lowest BCUT2D eigenvalue weighted by Gasteiger charge is -2.15. The topological polar surface area (TPSA) is 49.8 Å². The molecule has 0 spiro atoms. The number of amides is 1. The van der Waals surface area contributed by atoms with Gasteiger partial charge in [0.1, 0.15) is 5.75 Å². The zero-order valence-corrected chi connectivity index (χ0v) is 10.9. The van der Waals surface area contributed by atoms with Crippen LogP contribution in [0.3, 0.4) is 0 Å². The van der Waals surface area contributed by atoms with Crippen LogP contribution in [0.1, 0.15) is 18.6 Å². The third-order valence-electron chi connectivity index (χ3n) is 2.27. The fraction of sp³-hybridized carbons (Fsp3) is 0.417. The van der Waals surface area contributed by atoms with Crippen molar-refractivity contribution in [1.82, 2.24) is 4.90 Å². The normalized spacial score (nSPS) is 12.1. The minimum atomic E-state index is -0.696. The summed E-state index contributed by atoms with van der Waals surface area (Å²) < 4.78 is 5.37. The second-order valence-corrected chi connectivity index (χ2v) is 4.37. The maximum absolute atomic E-state index is 11.4. The molecule has 5 heteroatoms. The summed E-state index contributed by atoms with van der Waals surface area (Å²) in [6.45, 7) is 1.56. The van der Waals surface area contributed by atoms with Crippen LogP contribution in [0.4, 0.5) is 0 Å². The summed E-state index contributed by atoms with van der Waals surface area (Å²) in [7, 11) is 3.31. The summed E-state index contributed by atoms with van der Waals surface area (Å²) in [5.41, 5.74) is 0.573. The van der Waals surface area contributed by atoms with Crippen LogP contribution in [0.2, 0.25) is 5.02 Å². The lowest BCUT2D eigenvalue weighted by atomic mass is 10.1. The van der Waals surface area contributed by atoms with Crippen molar-refractivity contribution >= 4 is 17.5 Å². The predicted molar refractivity (Wildman–Crippen MR) is 66.3 cm³/mol. The van der Waals surface area contributed by atoms with E-state index in [0.29, 0.717) is 16.3 Å². The minimum Gasteiger partial charge on any atom is -0.483 e. The van der Waals surface area contributed by atoms with Crippen molar-refractivity contribution in [3.8, 4) is 5.75 Å². The molecule has 0 fully saturated rings. The quantitative estimate of drug-likeness (QED) is 0.896. The summed E-state index contributed by atoms with van der Waals surface area (Å²) in [6, 6.07) is 4.93. The van der Waals surface area contributed by atoms with E-state index in [2.05, 4.69) is 0 Å². The Balaban J connectivity index is 2.80. The largest absolute Gasteiger partial charge is 0.483 e. The minimum absolute atomic E-state index is 0.0612. The van der Waals surface area contributed by atoms with Gasteiger partial charge in [-0.1, -0.05) is 11.6 Å². The van der Waals surface area contributed by atoms with Gasteiger partial charge in [-0.2, -0.15) is 0 Å². The zero-order chi connectivity index (χ0) is 13.0. The number of halogens is 1. The maximum atomic E-state index is 11.4. The molecule has 0 saturated heterocycles. The lowest BCUT2D eigenvalue weighted by molar-refractivity contribution is -0.130. The Morgan fingerprint density at radius 3 is 2.71 bits per heavy atom. The first-order valence-corrected chi connectivity index (χ1v) is 5.60. The molecule has 0 saturated carbocycles. The van der Waals surface area contributed by atoms with E-state index in [-0.39, 0.29) is 12.5 Å².